The molecular formula is C15H22FN3O2. The van der Waals surface area contributed by atoms with Gasteiger partial charge in [0.05, 0.1) is 0 Å². The van der Waals surface area contributed by atoms with Crippen LogP contribution < -0.4 is 16.0 Å². The molecule has 0 aliphatic rings. The van der Waals surface area contributed by atoms with Crippen molar-refractivity contribution in [2.24, 2.45) is 5.92 Å². The van der Waals surface area contributed by atoms with E-state index < -0.39 is 0 Å². The first-order valence-electron chi connectivity index (χ1n) is 7.00. The van der Waals surface area contributed by atoms with Gasteiger partial charge in [-0.2, -0.15) is 0 Å². The van der Waals surface area contributed by atoms with E-state index in [1.165, 1.54) is 24.3 Å². The highest BCUT2D eigenvalue weighted by Crippen LogP contribution is 2.02. The maximum absolute atomic E-state index is 12.7. The number of nitrogens with one attached hydrogen (secondary N) is 3. The van der Waals surface area contributed by atoms with Crippen LogP contribution in [0.4, 0.5) is 4.39 Å². The first-order chi connectivity index (χ1) is 10.0. The molecule has 1 aromatic carbocycles. The molecule has 0 saturated heterocycles. The summed E-state index contributed by atoms with van der Waals surface area (Å²) in [5, 5.41) is 8.47. The Morgan fingerprint density at radius 1 is 1.14 bits per heavy atom. The first-order valence-corrected chi connectivity index (χ1v) is 7.00. The van der Waals surface area contributed by atoms with Crippen LogP contribution in [0, 0.1) is 11.7 Å². The van der Waals surface area contributed by atoms with Gasteiger partial charge in [0.25, 0.3) is 5.91 Å². The molecule has 1 aromatic rings. The minimum atomic E-state index is -0.370. The number of carbonyl (C=O) groups excluding carboxylic acids is 2. The zero-order valence-electron chi connectivity index (χ0n) is 12.4. The molecule has 3 N–H and O–H groups in total. The summed E-state index contributed by atoms with van der Waals surface area (Å²) in [6.45, 7) is 3.45. The van der Waals surface area contributed by atoms with Crippen LogP contribution in [-0.4, -0.2) is 38.5 Å². The summed E-state index contributed by atoms with van der Waals surface area (Å²) < 4.78 is 12.7. The number of hydrogen-bond acceptors (Lipinski definition) is 3. The van der Waals surface area contributed by atoms with Crippen LogP contribution >= 0.6 is 0 Å². The van der Waals surface area contributed by atoms with Gasteiger partial charge in [-0.1, -0.05) is 6.92 Å². The van der Waals surface area contributed by atoms with Crippen molar-refractivity contribution in [1.82, 2.24) is 16.0 Å². The van der Waals surface area contributed by atoms with Crippen molar-refractivity contribution in [3.05, 3.63) is 35.6 Å². The largest absolute Gasteiger partial charge is 0.356 e. The van der Waals surface area contributed by atoms with Crippen molar-refractivity contribution in [1.29, 1.82) is 0 Å². The molecule has 0 radical (unpaired) electrons. The predicted octanol–water partition coefficient (Wildman–Crippen LogP) is 0.917. The van der Waals surface area contributed by atoms with Crippen LogP contribution in [-0.2, 0) is 4.79 Å². The summed E-state index contributed by atoms with van der Waals surface area (Å²) in [6, 6.07) is 5.37. The lowest BCUT2D eigenvalue weighted by Gasteiger charge is -2.11. The summed E-state index contributed by atoms with van der Waals surface area (Å²) in [5.41, 5.74) is 0.420. The molecule has 1 atom stereocenters. The average molecular weight is 295 g/mol. The van der Waals surface area contributed by atoms with Gasteiger partial charge in [-0.25, -0.2) is 4.39 Å². The summed E-state index contributed by atoms with van der Waals surface area (Å²) in [4.78, 5) is 23.3. The van der Waals surface area contributed by atoms with Crippen LogP contribution in [0.25, 0.3) is 0 Å². The highest BCUT2D eigenvalue weighted by atomic mass is 19.1. The molecule has 6 heteroatoms. The van der Waals surface area contributed by atoms with Gasteiger partial charge in [-0.3, -0.25) is 9.59 Å². The Hall–Kier alpha value is -1.95. The molecule has 21 heavy (non-hydrogen) atoms. The monoisotopic (exact) mass is 295 g/mol. The Labute approximate surface area is 124 Å². The van der Waals surface area contributed by atoms with Gasteiger partial charge >= 0.3 is 0 Å². The van der Waals surface area contributed by atoms with E-state index in [9.17, 15) is 14.0 Å². The lowest BCUT2D eigenvalue weighted by atomic mass is 10.1. The number of benzene rings is 1. The summed E-state index contributed by atoms with van der Waals surface area (Å²) in [6.07, 6.45) is 0.644. The molecule has 0 spiro atoms. The SMILES string of the molecule is CNCC(C)C(=O)NCCCNC(=O)c1ccc(F)cc1. The molecule has 0 fully saturated rings. The molecule has 1 rings (SSSR count). The highest BCUT2D eigenvalue weighted by Gasteiger charge is 2.10. The minimum Gasteiger partial charge on any atom is -0.356 e. The van der Waals surface area contributed by atoms with E-state index in [0.29, 0.717) is 31.6 Å². The van der Waals surface area contributed by atoms with E-state index >= 15 is 0 Å². The van der Waals surface area contributed by atoms with Crippen LogP contribution in [0.3, 0.4) is 0 Å². The van der Waals surface area contributed by atoms with Crippen LogP contribution in [0.1, 0.15) is 23.7 Å². The summed E-state index contributed by atoms with van der Waals surface area (Å²) in [5.74, 6) is -0.701. The number of rotatable bonds is 8. The van der Waals surface area contributed by atoms with Gasteiger partial charge in [0.15, 0.2) is 0 Å². The molecule has 0 saturated carbocycles. The second-order valence-electron chi connectivity index (χ2n) is 4.87. The van der Waals surface area contributed by atoms with Gasteiger partial charge < -0.3 is 16.0 Å². The minimum absolute atomic E-state index is 0.00536. The van der Waals surface area contributed by atoms with Gasteiger partial charge in [0.2, 0.25) is 5.91 Å². The maximum Gasteiger partial charge on any atom is 0.251 e. The molecule has 5 nitrogen and oxygen atoms in total. The quantitative estimate of drug-likeness (QED) is 0.625. The van der Waals surface area contributed by atoms with Gasteiger partial charge in [0.1, 0.15) is 5.82 Å². The zero-order chi connectivity index (χ0) is 15.7. The van der Waals surface area contributed by atoms with Crippen molar-refractivity contribution < 1.29 is 14.0 Å². The van der Waals surface area contributed by atoms with Crippen molar-refractivity contribution >= 4 is 11.8 Å². The molecule has 0 aliphatic heterocycles. The second-order valence-corrected chi connectivity index (χ2v) is 4.87. The number of carbonyl (C=O) groups is 2. The molecular weight excluding hydrogens is 273 g/mol. The number of hydrogen-bond donors (Lipinski definition) is 3. The third-order valence-corrected chi connectivity index (χ3v) is 3.00. The van der Waals surface area contributed by atoms with Gasteiger partial charge in [0, 0.05) is 31.1 Å². The molecule has 2 amide bonds. The second kappa shape index (κ2) is 9.07. The molecule has 0 aliphatic carbocycles. The fraction of sp³-hybridized carbons (Fsp3) is 0.467. The van der Waals surface area contributed by atoms with E-state index in [1.807, 2.05) is 6.92 Å². The lowest BCUT2D eigenvalue weighted by molar-refractivity contribution is -0.124. The van der Waals surface area contributed by atoms with Gasteiger partial charge in [-0.05, 0) is 37.7 Å². The predicted molar refractivity (Wildman–Crippen MR) is 79.5 cm³/mol. The summed E-state index contributed by atoms with van der Waals surface area (Å²) in [7, 11) is 1.80. The standard InChI is InChI=1S/C15H22FN3O2/c1-11(10-17-2)14(20)18-8-3-9-19-15(21)12-4-6-13(16)7-5-12/h4-7,11,17H,3,8-10H2,1-2H3,(H,18,20)(H,19,21). The van der Waals surface area contributed by atoms with Gasteiger partial charge in [-0.15, -0.1) is 0 Å². The topological polar surface area (TPSA) is 70.2 Å². The number of amides is 2. The molecule has 0 bridgehead atoms. The van der Waals surface area contributed by atoms with Crippen LogP contribution in [0.15, 0.2) is 24.3 Å². The van der Waals surface area contributed by atoms with E-state index in [2.05, 4.69) is 16.0 Å². The summed E-state index contributed by atoms with van der Waals surface area (Å²) >= 11 is 0. The third kappa shape index (κ3) is 6.35. The normalized spacial score (nSPS) is 11.8. The van der Waals surface area contributed by atoms with E-state index in [1.54, 1.807) is 7.05 Å². The third-order valence-electron chi connectivity index (χ3n) is 3.00. The Kier molecular flexibility index (Phi) is 7.39. The van der Waals surface area contributed by atoms with Crippen molar-refractivity contribution in [2.45, 2.75) is 13.3 Å². The Morgan fingerprint density at radius 2 is 1.76 bits per heavy atom. The average Bonchev–Trinajstić information content (AvgIpc) is 2.47. The number of halogens is 1. The van der Waals surface area contributed by atoms with Crippen molar-refractivity contribution in [3.8, 4) is 0 Å². The Balaban J connectivity index is 2.18. The molecule has 1 unspecified atom stereocenters. The van der Waals surface area contributed by atoms with Crippen LogP contribution in [0.2, 0.25) is 0 Å². The molecule has 116 valence electrons. The Morgan fingerprint density at radius 3 is 2.38 bits per heavy atom. The van der Waals surface area contributed by atoms with Crippen LogP contribution in [0.5, 0.6) is 0 Å². The lowest BCUT2D eigenvalue weighted by Crippen LogP contribution is -2.36. The maximum atomic E-state index is 12.7. The first kappa shape index (κ1) is 17.1. The van der Waals surface area contributed by atoms with Crippen molar-refractivity contribution in [3.63, 3.8) is 0 Å². The fourth-order valence-corrected chi connectivity index (χ4v) is 1.78. The molecule has 0 heterocycles. The smallest absolute Gasteiger partial charge is 0.251 e. The van der Waals surface area contributed by atoms with E-state index in [-0.39, 0.29) is 23.5 Å². The molecule has 0 aromatic heterocycles. The van der Waals surface area contributed by atoms with Crippen molar-refractivity contribution in [2.75, 3.05) is 26.7 Å². The Bertz CT molecular complexity index is 462. The van der Waals surface area contributed by atoms with E-state index in [4.69, 9.17) is 0 Å². The zero-order valence-corrected chi connectivity index (χ0v) is 12.4. The highest BCUT2D eigenvalue weighted by molar-refractivity contribution is 5.94. The van der Waals surface area contributed by atoms with E-state index in [0.717, 1.165) is 0 Å². The fourth-order valence-electron chi connectivity index (χ4n) is 1.78.